The monoisotopic (exact) mass is 460 g/mol. The first-order valence-electron chi connectivity index (χ1n) is 8.73. The second-order valence-corrected chi connectivity index (χ2v) is 7.56. The largest absolute Gasteiger partial charge is 0.495 e. The Balaban J connectivity index is 1.51. The molecule has 10 nitrogen and oxygen atoms in total. The highest BCUT2D eigenvalue weighted by Gasteiger charge is 2.17. The lowest BCUT2D eigenvalue weighted by molar-refractivity contribution is -0.384. The van der Waals surface area contributed by atoms with Crippen molar-refractivity contribution in [2.24, 2.45) is 0 Å². The number of carbonyl (C=O) groups is 1. The molecule has 0 saturated heterocycles. The Morgan fingerprint density at radius 2 is 2.16 bits per heavy atom. The number of oxazole rings is 1. The SMILES string of the molecule is COc1ccc(-c2csc(NC(=O)Cn3c(=O)oc4cc([N+](=O)[O-])ccc43)n2)cc1Cl. The Hall–Kier alpha value is -3.70. The Bertz CT molecular complexity index is 1380. The van der Waals surface area contributed by atoms with Gasteiger partial charge in [-0.3, -0.25) is 19.5 Å². The van der Waals surface area contributed by atoms with Crippen LogP contribution in [0.1, 0.15) is 0 Å². The van der Waals surface area contributed by atoms with E-state index in [4.69, 9.17) is 20.8 Å². The molecule has 31 heavy (non-hydrogen) atoms. The van der Waals surface area contributed by atoms with E-state index >= 15 is 0 Å². The van der Waals surface area contributed by atoms with Crippen LogP contribution in [0.3, 0.4) is 0 Å². The van der Waals surface area contributed by atoms with Crippen LogP contribution < -0.4 is 15.8 Å². The predicted molar refractivity (Wildman–Crippen MR) is 115 cm³/mol. The Morgan fingerprint density at radius 3 is 2.87 bits per heavy atom. The minimum Gasteiger partial charge on any atom is -0.495 e. The number of methoxy groups -OCH3 is 1. The molecule has 0 atom stereocenters. The summed E-state index contributed by atoms with van der Waals surface area (Å²) in [6.45, 7) is -0.340. The molecule has 4 aromatic rings. The molecule has 1 amide bonds. The van der Waals surface area contributed by atoms with Crippen LogP contribution in [-0.4, -0.2) is 27.5 Å². The predicted octanol–water partition coefficient (Wildman–Crippen LogP) is 3.93. The minimum absolute atomic E-state index is 0.0277. The van der Waals surface area contributed by atoms with Crippen molar-refractivity contribution in [2.75, 3.05) is 12.4 Å². The van der Waals surface area contributed by atoms with Crippen LogP contribution >= 0.6 is 22.9 Å². The van der Waals surface area contributed by atoms with E-state index in [1.807, 2.05) is 0 Å². The van der Waals surface area contributed by atoms with E-state index in [-0.39, 0.29) is 23.3 Å². The molecular formula is C19H13ClN4O6S. The van der Waals surface area contributed by atoms with Crippen molar-refractivity contribution in [3.8, 4) is 17.0 Å². The number of nitro benzene ring substituents is 1. The molecule has 0 unspecified atom stereocenters. The maximum atomic E-state index is 12.4. The number of non-ortho nitro benzene ring substituents is 1. The number of hydrogen-bond donors (Lipinski definition) is 1. The zero-order valence-electron chi connectivity index (χ0n) is 15.8. The first-order valence-corrected chi connectivity index (χ1v) is 9.98. The number of aromatic nitrogens is 2. The number of hydrogen-bond acceptors (Lipinski definition) is 8. The van der Waals surface area contributed by atoms with Gasteiger partial charge in [0.25, 0.3) is 5.69 Å². The Morgan fingerprint density at radius 1 is 1.35 bits per heavy atom. The summed E-state index contributed by atoms with van der Waals surface area (Å²) in [4.78, 5) is 39.2. The van der Waals surface area contributed by atoms with Gasteiger partial charge in [0.1, 0.15) is 12.3 Å². The average molecular weight is 461 g/mol. The third kappa shape index (κ3) is 4.13. The van der Waals surface area contributed by atoms with Crippen LogP contribution in [0.4, 0.5) is 10.8 Å². The van der Waals surface area contributed by atoms with Crippen molar-refractivity contribution >= 4 is 50.8 Å². The molecule has 0 aliphatic rings. The number of thiazole rings is 1. The second-order valence-electron chi connectivity index (χ2n) is 6.30. The van der Waals surface area contributed by atoms with Crippen molar-refractivity contribution < 1.29 is 18.9 Å². The van der Waals surface area contributed by atoms with E-state index in [1.165, 1.54) is 30.6 Å². The first-order chi connectivity index (χ1) is 14.9. The van der Waals surface area contributed by atoms with E-state index in [0.29, 0.717) is 21.6 Å². The standard InChI is InChI=1S/C19H13ClN4O6S/c1-29-15-5-2-10(6-12(15)20)13-9-31-18(21-13)22-17(25)8-23-14-4-3-11(24(27)28)7-16(14)30-19(23)26/h2-7,9H,8H2,1H3,(H,21,22,25). The molecule has 2 aromatic heterocycles. The summed E-state index contributed by atoms with van der Waals surface area (Å²) in [5.41, 5.74) is 1.45. The lowest BCUT2D eigenvalue weighted by Crippen LogP contribution is -2.24. The van der Waals surface area contributed by atoms with Gasteiger partial charge in [-0.15, -0.1) is 11.3 Å². The van der Waals surface area contributed by atoms with Crippen LogP contribution in [0.15, 0.2) is 51.0 Å². The molecule has 4 rings (SSSR count). The summed E-state index contributed by atoms with van der Waals surface area (Å²) in [5, 5.41) is 16.0. The third-order valence-corrected chi connectivity index (χ3v) is 5.42. The summed E-state index contributed by atoms with van der Waals surface area (Å²) in [7, 11) is 1.52. The van der Waals surface area contributed by atoms with Gasteiger partial charge in [-0.2, -0.15) is 0 Å². The van der Waals surface area contributed by atoms with Gasteiger partial charge in [0.2, 0.25) is 5.91 Å². The van der Waals surface area contributed by atoms with Crippen molar-refractivity contribution in [1.29, 1.82) is 0 Å². The number of halogens is 1. The number of benzene rings is 2. The number of fused-ring (bicyclic) bond motifs is 1. The molecule has 12 heteroatoms. The highest BCUT2D eigenvalue weighted by molar-refractivity contribution is 7.14. The summed E-state index contributed by atoms with van der Waals surface area (Å²) >= 11 is 7.35. The van der Waals surface area contributed by atoms with E-state index in [2.05, 4.69) is 10.3 Å². The van der Waals surface area contributed by atoms with Crippen molar-refractivity contribution in [1.82, 2.24) is 9.55 Å². The molecule has 0 aliphatic carbocycles. The van der Waals surface area contributed by atoms with Crippen LogP contribution in [0.25, 0.3) is 22.4 Å². The molecule has 0 bridgehead atoms. The van der Waals surface area contributed by atoms with Crippen LogP contribution in [0, 0.1) is 10.1 Å². The number of nitro groups is 1. The van der Waals surface area contributed by atoms with Gasteiger partial charge < -0.3 is 14.5 Å². The van der Waals surface area contributed by atoms with Gasteiger partial charge in [-0.05, 0) is 24.3 Å². The molecule has 1 N–H and O–H groups in total. The van der Waals surface area contributed by atoms with E-state index in [0.717, 1.165) is 16.2 Å². The molecule has 158 valence electrons. The number of rotatable bonds is 6. The normalized spacial score (nSPS) is 10.9. The quantitative estimate of drug-likeness (QED) is 0.341. The third-order valence-electron chi connectivity index (χ3n) is 4.36. The van der Waals surface area contributed by atoms with Gasteiger partial charge in [0, 0.05) is 17.0 Å². The highest BCUT2D eigenvalue weighted by atomic mass is 35.5. The lowest BCUT2D eigenvalue weighted by atomic mass is 10.2. The van der Waals surface area contributed by atoms with Crippen LogP contribution in [0.2, 0.25) is 5.02 Å². The molecule has 0 spiro atoms. The summed E-state index contributed by atoms with van der Waals surface area (Å²) < 4.78 is 11.2. The van der Waals surface area contributed by atoms with Gasteiger partial charge in [0.15, 0.2) is 10.7 Å². The fraction of sp³-hybridized carbons (Fsp3) is 0.105. The van der Waals surface area contributed by atoms with E-state index in [1.54, 1.807) is 23.6 Å². The van der Waals surface area contributed by atoms with Gasteiger partial charge in [-0.25, -0.2) is 9.78 Å². The Labute approximate surface area is 182 Å². The number of carbonyl (C=O) groups excluding carboxylic acids is 1. The number of nitrogens with one attached hydrogen (secondary N) is 1. The topological polar surface area (TPSA) is 130 Å². The number of ether oxygens (including phenoxy) is 1. The number of nitrogens with zero attached hydrogens (tertiary/aromatic N) is 3. The van der Waals surface area contributed by atoms with Crippen LogP contribution in [0.5, 0.6) is 5.75 Å². The van der Waals surface area contributed by atoms with Gasteiger partial charge in [-0.1, -0.05) is 11.6 Å². The summed E-state index contributed by atoms with van der Waals surface area (Å²) in [6.07, 6.45) is 0. The fourth-order valence-electron chi connectivity index (χ4n) is 2.91. The molecular weight excluding hydrogens is 448 g/mol. The van der Waals surface area contributed by atoms with Crippen molar-refractivity contribution in [3.05, 3.63) is 67.5 Å². The minimum atomic E-state index is -0.793. The fourth-order valence-corrected chi connectivity index (χ4v) is 3.90. The number of amides is 1. The van der Waals surface area contributed by atoms with Gasteiger partial charge >= 0.3 is 5.76 Å². The highest BCUT2D eigenvalue weighted by Crippen LogP contribution is 2.31. The second kappa shape index (κ2) is 8.20. The molecule has 2 heterocycles. The molecule has 0 aliphatic heterocycles. The molecule has 0 saturated carbocycles. The Kier molecular flexibility index (Phi) is 5.44. The van der Waals surface area contributed by atoms with Crippen LogP contribution in [-0.2, 0) is 11.3 Å². The van der Waals surface area contributed by atoms with E-state index < -0.39 is 16.6 Å². The molecule has 0 radical (unpaired) electrons. The number of anilines is 1. The van der Waals surface area contributed by atoms with Crippen molar-refractivity contribution in [3.63, 3.8) is 0 Å². The summed E-state index contributed by atoms with van der Waals surface area (Å²) in [5.74, 6) is -0.757. The summed E-state index contributed by atoms with van der Waals surface area (Å²) in [6, 6.07) is 8.95. The average Bonchev–Trinajstić information content (AvgIpc) is 3.32. The molecule has 0 fully saturated rings. The molecule has 2 aromatic carbocycles. The zero-order valence-corrected chi connectivity index (χ0v) is 17.4. The lowest BCUT2D eigenvalue weighted by Gasteiger charge is -2.04. The van der Waals surface area contributed by atoms with E-state index in [9.17, 15) is 19.7 Å². The van der Waals surface area contributed by atoms with Gasteiger partial charge in [0.05, 0.1) is 34.3 Å². The smallest absolute Gasteiger partial charge is 0.420 e. The maximum absolute atomic E-state index is 12.4. The first kappa shape index (κ1) is 20.6. The zero-order chi connectivity index (χ0) is 22.1. The van der Waals surface area contributed by atoms with Crippen molar-refractivity contribution in [2.45, 2.75) is 6.54 Å². The maximum Gasteiger partial charge on any atom is 0.420 e.